The second kappa shape index (κ2) is 7.64. The standard InChI is InChI=1S/C13H18N2O4S/c1-8(20-3)7-14-13(18)15-10-6-9(12(16)17)4-5-11(10)19-2/h4-6,8H,7H2,1-3H3,(H,16,17)(H2,14,15,18). The molecule has 1 unspecified atom stereocenters. The zero-order valence-electron chi connectivity index (χ0n) is 11.6. The number of thioether (sulfide) groups is 1. The van der Waals surface area contributed by atoms with Crippen LogP contribution < -0.4 is 15.4 Å². The lowest BCUT2D eigenvalue weighted by atomic mass is 10.2. The SMILES string of the molecule is COc1ccc(C(=O)O)cc1NC(=O)NCC(C)SC. The van der Waals surface area contributed by atoms with E-state index in [2.05, 4.69) is 10.6 Å². The first kappa shape index (κ1) is 16.2. The normalized spacial score (nSPS) is 11.6. The molecule has 1 atom stereocenters. The van der Waals surface area contributed by atoms with Gasteiger partial charge in [-0.1, -0.05) is 6.92 Å². The summed E-state index contributed by atoms with van der Waals surface area (Å²) < 4.78 is 5.09. The fraction of sp³-hybridized carbons (Fsp3) is 0.385. The van der Waals surface area contributed by atoms with Gasteiger partial charge in [-0.25, -0.2) is 9.59 Å². The molecule has 110 valence electrons. The molecule has 0 bridgehead atoms. The second-order valence-electron chi connectivity index (χ2n) is 4.10. The number of carboxylic acid groups (broad SMARTS) is 1. The van der Waals surface area contributed by atoms with Gasteiger partial charge in [0.1, 0.15) is 5.75 Å². The van der Waals surface area contributed by atoms with Crippen LogP contribution in [0.2, 0.25) is 0 Å². The molecule has 20 heavy (non-hydrogen) atoms. The third-order valence-corrected chi connectivity index (χ3v) is 3.62. The van der Waals surface area contributed by atoms with Crippen molar-refractivity contribution >= 4 is 29.4 Å². The van der Waals surface area contributed by atoms with Crippen molar-refractivity contribution in [1.82, 2.24) is 5.32 Å². The molecule has 0 aliphatic heterocycles. The Labute approximate surface area is 121 Å². The minimum atomic E-state index is -1.06. The van der Waals surface area contributed by atoms with Crippen molar-refractivity contribution in [3.05, 3.63) is 23.8 Å². The minimum absolute atomic E-state index is 0.0820. The Morgan fingerprint density at radius 1 is 1.45 bits per heavy atom. The maximum absolute atomic E-state index is 11.7. The molecule has 0 spiro atoms. The molecule has 1 rings (SSSR count). The second-order valence-corrected chi connectivity index (χ2v) is 5.38. The van der Waals surface area contributed by atoms with E-state index in [-0.39, 0.29) is 5.56 Å². The van der Waals surface area contributed by atoms with Gasteiger partial charge in [0.15, 0.2) is 0 Å². The van der Waals surface area contributed by atoms with E-state index >= 15 is 0 Å². The van der Waals surface area contributed by atoms with Crippen molar-refractivity contribution in [3.8, 4) is 5.75 Å². The van der Waals surface area contributed by atoms with E-state index in [1.54, 1.807) is 11.8 Å². The van der Waals surface area contributed by atoms with Crippen LogP contribution in [0.5, 0.6) is 5.75 Å². The summed E-state index contributed by atoms with van der Waals surface area (Å²) >= 11 is 1.64. The molecule has 0 saturated carbocycles. The smallest absolute Gasteiger partial charge is 0.335 e. The predicted molar refractivity (Wildman–Crippen MR) is 80.0 cm³/mol. The van der Waals surface area contributed by atoms with Crippen molar-refractivity contribution in [3.63, 3.8) is 0 Å². The number of ether oxygens (including phenoxy) is 1. The zero-order chi connectivity index (χ0) is 15.1. The topological polar surface area (TPSA) is 87.7 Å². The van der Waals surface area contributed by atoms with Crippen molar-refractivity contribution < 1.29 is 19.4 Å². The predicted octanol–water partition coefficient (Wildman–Crippen LogP) is 2.27. The lowest BCUT2D eigenvalue weighted by Gasteiger charge is -2.13. The average molecular weight is 298 g/mol. The van der Waals surface area contributed by atoms with Gasteiger partial charge in [-0.2, -0.15) is 11.8 Å². The van der Waals surface area contributed by atoms with Gasteiger partial charge in [-0.15, -0.1) is 0 Å². The van der Waals surface area contributed by atoms with Crippen LogP contribution in [-0.4, -0.2) is 42.3 Å². The van der Waals surface area contributed by atoms with Gasteiger partial charge < -0.3 is 20.5 Å². The number of rotatable bonds is 6. The maximum atomic E-state index is 11.7. The van der Waals surface area contributed by atoms with E-state index in [4.69, 9.17) is 9.84 Å². The molecule has 0 aliphatic rings. The zero-order valence-corrected chi connectivity index (χ0v) is 12.4. The van der Waals surface area contributed by atoms with Crippen LogP contribution in [0.15, 0.2) is 18.2 Å². The number of hydrogen-bond acceptors (Lipinski definition) is 4. The minimum Gasteiger partial charge on any atom is -0.495 e. The van der Waals surface area contributed by atoms with Gasteiger partial charge >= 0.3 is 12.0 Å². The van der Waals surface area contributed by atoms with Crippen LogP contribution in [0.1, 0.15) is 17.3 Å². The highest BCUT2D eigenvalue weighted by atomic mass is 32.2. The molecule has 3 N–H and O–H groups in total. The van der Waals surface area contributed by atoms with E-state index in [0.717, 1.165) is 0 Å². The van der Waals surface area contributed by atoms with Crippen LogP contribution in [0.3, 0.4) is 0 Å². The van der Waals surface area contributed by atoms with Crippen LogP contribution in [0, 0.1) is 0 Å². The highest BCUT2D eigenvalue weighted by Gasteiger charge is 2.12. The van der Waals surface area contributed by atoms with E-state index < -0.39 is 12.0 Å². The summed E-state index contributed by atoms with van der Waals surface area (Å²) in [7, 11) is 1.45. The molecule has 7 heteroatoms. The fourth-order valence-corrected chi connectivity index (χ4v) is 1.67. The number of hydrogen-bond donors (Lipinski definition) is 3. The van der Waals surface area contributed by atoms with Crippen molar-refractivity contribution in [2.75, 3.05) is 25.2 Å². The van der Waals surface area contributed by atoms with Gasteiger partial charge in [0.05, 0.1) is 18.4 Å². The summed E-state index contributed by atoms with van der Waals surface area (Å²) in [5, 5.41) is 14.5. The number of carbonyl (C=O) groups excluding carboxylic acids is 1. The summed E-state index contributed by atoms with van der Waals surface area (Å²) in [6.45, 7) is 2.52. The third-order valence-electron chi connectivity index (χ3n) is 2.65. The van der Waals surface area contributed by atoms with Crippen molar-refractivity contribution in [2.24, 2.45) is 0 Å². The molecule has 2 amide bonds. The monoisotopic (exact) mass is 298 g/mol. The van der Waals surface area contributed by atoms with E-state index in [0.29, 0.717) is 23.2 Å². The lowest BCUT2D eigenvalue weighted by Crippen LogP contribution is -2.33. The Morgan fingerprint density at radius 3 is 2.70 bits per heavy atom. The number of benzene rings is 1. The first-order chi connectivity index (χ1) is 9.47. The number of methoxy groups -OCH3 is 1. The molecular weight excluding hydrogens is 280 g/mol. The molecule has 0 radical (unpaired) electrons. The van der Waals surface area contributed by atoms with E-state index in [9.17, 15) is 9.59 Å². The van der Waals surface area contributed by atoms with Gasteiger partial charge in [-0.05, 0) is 24.5 Å². The molecule has 1 aromatic carbocycles. The first-order valence-corrected chi connectivity index (χ1v) is 7.25. The number of nitrogens with one attached hydrogen (secondary N) is 2. The molecule has 0 fully saturated rings. The molecule has 0 saturated heterocycles. The Hall–Kier alpha value is -1.89. The average Bonchev–Trinajstić information content (AvgIpc) is 2.44. The number of carbonyl (C=O) groups is 2. The lowest BCUT2D eigenvalue weighted by molar-refractivity contribution is 0.0697. The summed E-state index contributed by atoms with van der Waals surface area (Å²) in [4.78, 5) is 22.7. The van der Waals surface area contributed by atoms with Crippen LogP contribution in [0.4, 0.5) is 10.5 Å². The molecule has 1 aromatic rings. The quantitative estimate of drug-likeness (QED) is 0.750. The maximum Gasteiger partial charge on any atom is 0.335 e. The number of urea groups is 1. The molecule has 0 aromatic heterocycles. The van der Waals surface area contributed by atoms with Gasteiger partial charge in [0, 0.05) is 11.8 Å². The molecular formula is C13H18N2O4S. The van der Waals surface area contributed by atoms with Crippen LogP contribution in [-0.2, 0) is 0 Å². The first-order valence-electron chi connectivity index (χ1n) is 5.97. The largest absolute Gasteiger partial charge is 0.495 e. The molecule has 0 heterocycles. The highest BCUT2D eigenvalue weighted by Crippen LogP contribution is 2.25. The van der Waals surface area contributed by atoms with Crippen molar-refractivity contribution in [1.29, 1.82) is 0 Å². The number of aromatic carboxylic acids is 1. The number of amides is 2. The van der Waals surface area contributed by atoms with Gasteiger partial charge in [0.25, 0.3) is 0 Å². The summed E-state index contributed by atoms with van der Waals surface area (Å²) in [6, 6.07) is 3.88. The van der Waals surface area contributed by atoms with Gasteiger partial charge in [0.2, 0.25) is 0 Å². The molecule has 0 aliphatic carbocycles. The Bertz CT molecular complexity index is 493. The molecule has 6 nitrogen and oxygen atoms in total. The van der Waals surface area contributed by atoms with E-state index in [1.165, 1.54) is 25.3 Å². The number of carboxylic acids is 1. The third kappa shape index (κ3) is 4.65. The fourth-order valence-electron chi connectivity index (χ4n) is 1.42. The summed E-state index contributed by atoms with van der Waals surface area (Å²) in [6.07, 6.45) is 1.96. The van der Waals surface area contributed by atoms with Crippen LogP contribution >= 0.6 is 11.8 Å². The summed E-state index contributed by atoms with van der Waals surface area (Å²) in [5.74, 6) is -0.657. The number of anilines is 1. The Balaban J connectivity index is 2.76. The highest BCUT2D eigenvalue weighted by molar-refractivity contribution is 7.99. The van der Waals surface area contributed by atoms with E-state index in [1.807, 2.05) is 13.2 Å². The Morgan fingerprint density at radius 2 is 2.15 bits per heavy atom. The Kier molecular flexibility index (Phi) is 6.17. The van der Waals surface area contributed by atoms with Crippen molar-refractivity contribution in [2.45, 2.75) is 12.2 Å². The van der Waals surface area contributed by atoms with Gasteiger partial charge in [-0.3, -0.25) is 0 Å². The van der Waals surface area contributed by atoms with Crippen LogP contribution in [0.25, 0.3) is 0 Å². The summed E-state index contributed by atoms with van der Waals surface area (Å²) in [5.41, 5.74) is 0.403.